The lowest BCUT2D eigenvalue weighted by atomic mass is 9.97. The summed E-state index contributed by atoms with van der Waals surface area (Å²) < 4.78 is 21.8. The van der Waals surface area contributed by atoms with E-state index in [0.29, 0.717) is 10.3 Å². The minimum atomic E-state index is -0.252. The van der Waals surface area contributed by atoms with Gasteiger partial charge in [-0.1, -0.05) is 133 Å². The van der Waals surface area contributed by atoms with Crippen LogP contribution in [-0.2, 0) is 12.8 Å². The van der Waals surface area contributed by atoms with Gasteiger partial charge in [-0.3, -0.25) is 0 Å². The van der Waals surface area contributed by atoms with Crippen LogP contribution in [0.5, 0.6) is 0 Å². The largest absolute Gasteiger partial charge is 0.441 e. The van der Waals surface area contributed by atoms with Crippen molar-refractivity contribution < 1.29 is 8.81 Å². The summed E-state index contributed by atoms with van der Waals surface area (Å²) in [5.41, 5.74) is 4.67. The van der Waals surface area contributed by atoms with Crippen molar-refractivity contribution in [2.75, 3.05) is 0 Å². The van der Waals surface area contributed by atoms with Crippen LogP contribution in [0.2, 0.25) is 0 Å². The van der Waals surface area contributed by atoms with Crippen molar-refractivity contribution in [1.82, 2.24) is 0 Å². The third-order valence-corrected chi connectivity index (χ3v) is 8.36. The zero-order chi connectivity index (χ0) is 27.5. The molecule has 4 aromatic rings. The van der Waals surface area contributed by atoms with Crippen LogP contribution in [0.3, 0.4) is 0 Å². The molecule has 0 fully saturated rings. The predicted octanol–water partition coefficient (Wildman–Crippen LogP) is 12.3. The Morgan fingerprint density at radius 1 is 0.590 bits per heavy atom. The van der Waals surface area contributed by atoms with Crippen LogP contribution < -0.4 is 0 Å². The molecule has 208 valence electrons. The van der Waals surface area contributed by atoms with Gasteiger partial charge in [0.15, 0.2) is 16.1 Å². The second-order valence-corrected chi connectivity index (χ2v) is 11.5. The summed E-state index contributed by atoms with van der Waals surface area (Å²) in [5.74, 6) is -0.252. The van der Waals surface area contributed by atoms with E-state index in [-0.39, 0.29) is 5.82 Å². The number of aryl methyl sites for hydroxylation is 2. The van der Waals surface area contributed by atoms with Gasteiger partial charge in [-0.25, -0.2) is 4.39 Å². The molecule has 0 radical (unpaired) electrons. The quantitative estimate of drug-likeness (QED) is 0.0790. The monoisotopic (exact) mass is 544 g/mol. The van der Waals surface area contributed by atoms with Crippen LogP contribution in [0.15, 0.2) is 59.0 Å². The number of halogens is 1. The maximum Gasteiger partial charge on any atom is 0.198 e. The molecule has 39 heavy (non-hydrogen) atoms. The number of hydrogen-bond acceptors (Lipinski definition) is 2. The maximum atomic E-state index is 15.5. The lowest BCUT2D eigenvalue weighted by molar-refractivity contribution is 0.533. The summed E-state index contributed by atoms with van der Waals surface area (Å²) in [5, 5.41) is 2.61. The van der Waals surface area contributed by atoms with E-state index in [2.05, 4.69) is 56.3 Å². The average Bonchev–Trinajstić information content (AvgIpc) is 2.96. The first kappa shape index (κ1) is 29.5. The first-order chi connectivity index (χ1) is 19.1. The Hall–Kier alpha value is -2.52. The fourth-order valence-electron chi connectivity index (χ4n) is 5.62. The normalized spacial score (nSPS) is 11.6. The van der Waals surface area contributed by atoms with Crippen LogP contribution >= 0.6 is 12.2 Å². The summed E-state index contributed by atoms with van der Waals surface area (Å²) in [7, 11) is 0. The van der Waals surface area contributed by atoms with E-state index in [1.54, 1.807) is 0 Å². The molecule has 0 spiro atoms. The lowest BCUT2D eigenvalue weighted by Crippen LogP contribution is -1.94. The van der Waals surface area contributed by atoms with Gasteiger partial charge < -0.3 is 4.42 Å². The summed E-state index contributed by atoms with van der Waals surface area (Å²) in [6, 6.07) is 19.1. The van der Waals surface area contributed by atoms with Gasteiger partial charge >= 0.3 is 0 Å². The van der Waals surface area contributed by atoms with Crippen LogP contribution in [0.25, 0.3) is 32.9 Å². The Morgan fingerprint density at radius 3 is 1.82 bits per heavy atom. The van der Waals surface area contributed by atoms with Crippen molar-refractivity contribution in [3.8, 4) is 11.1 Å². The van der Waals surface area contributed by atoms with E-state index < -0.39 is 0 Å². The molecule has 0 unspecified atom stereocenters. The topological polar surface area (TPSA) is 13.1 Å². The van der Waals surface area contributed by atoms with E-state index in [1.807, 2.05) is 12.1 Å². The van der Waals surface area contributed by atoms with Crippen molar-refractivity contribution in [3.63, 3.8) is 0 Å². The molecule has 0 N–H and O–H groups in total. The van der Waals surface area contributed by atoms with Gasteiger partial charge in [0.2, 0.25) is 0 Å². The molecule has 3 heteroatoms. The maximum absolute atomic E-state index is 15.5. The SMILES string of the molecule is CCCCCCCCCCc1ccc2c(oc(=S)c3cc(-c4ccc(CCCCCCC)cc4)ccc32)c1F. The Labute approximate surface area is 239 Å². The number of fused-ring (bicyclic) bond motifs is 3. The highest BCUT2D eigenvalue weighted by Crippen LogP contribution is 2.33. The van der Waals surface area contributed by atoms with Crippen LogP contribution in [0.4, 0.5) is 4.39 Å². The summed E-state index contributed by atoms with van der Waals surface area (Å²) in [6.45, 7) is 4.50. The number of rotatable bonds is 16. The lowest BCUT2D eigenvalue weighted by Gasteiger charge is -2.10. The molecule has 1 heterocycles. The molecule has 1 aromatic heterocycles. The fraction of sp³-hybridized carbons (Fsp3) is 0.472. The van der Waals surface area contributed by atoms with Crippen molar-refractivity contribution in [1.29, 1.82) is 0 Å². The highest BCUT2D eigenvalue weighted by atomic mass is 32.1. The number of benzene rings is 3. The minimum Gasteiger partial charge on any atom is -0.441 e. The molecule has 0 saturated carbocycles. The van der Waals surface area contributed by atoms with Crippen molar-refractivity contribution in [2.45, 2.75) is 110 Å². The van der Waals surface area contributed by atoms with Crippen LogP contribution in [0, 0.1) is 10.5 Å². The fourth-order valence-corrected chi connectivity index (χ4v) is 5.88. The van der Waals surface area contributed by atoms with E-state index in [0.717, 1.165) is 58.5 Å². The predicted molar refractivity (Wildman–Crippen MR) is 169 cm³/mol. The molecular weight excluding hydrogens is 499 g/mol. The third-order valence-electron chi connectivity index (χ3n) is 8.06. The molecule has 4 rings (SSSR count). The van der Waals surface area contributed by atoms with Crippen LogP contribution in [0.1, 0.15) is 108 Å². The van der Waals surface area contributed by atoms with Gasteiger partial charge in [0.1, 0.15) is 0 Å². The second-order valence-electron chi connectivity index (χ2n) is 11.2. The molecule has 1 nitrogen and oxygen atoms in total. The zero-order valence-electron chi connectivity index (χ0n) is 24.0. The summed E-state index contributed by atoms with van der Waals surface area (Å²) in [4.78, 5) is 0. The molecule has 0 bridgehead atoms. The summed E-state index contributed by atoms with van der Waals surface area (Å²) >= 11 is 5.62. The van der Waals surface area contributed by atoms with E-state index in [4.69, 9.17) is 16.6 Å². The standard InChI is InChI=1S/C36H45FOS/c1-3-5-7-9-10-11-13-15-17-29-22-25-32-31-24-23-30(26-33(31)36(39)38-35(32)34(29)37)28-20-18-27(19-21-28)16-14-12-8-6-4-2/h18-26H,3-17H2,1-2H3. The number of hydrogen-bond donors (Lipinski definition) is 0. The van der Waals surface area contributed by atoms with Gasteiger partial charge in [0.25, 0.3) is 0 Å². The Bertz CT molecular complexity index is 1390. The first-order valence-corrected chi connectivity index (χ1v) is 15.8. The third kappa shape index (κ3) is 8.01. The molecule has 0 saturated heterocycles. The highest BCUT2D eigenvalue weighted by Gasteiger charge is 2.14. The number of unbranched alkanes of at least 4 members (excludes halogenated alkanes) is 11. The average molecular weight is 545 g/mol. The van der Waals surface area contributed by atoms with Gasteiger partial charge in [0.05, 0.1) is 0 Å². The molecule has 0 aliphatic rings. The van der Waals surface area contributed by atoms with Crippen LogP contribution in [-0.4, -0.2) is 0 Å². The molecule has 0 amide bonds. The van der Waals surface area contributed by atoms with Crippen molar-refractivity contribution >= 4 is 34.0 Å². The van der Waals surface area contributed by atoms with E-state index in [9.17, 15) is 0 Å². The Morgan fingerprint density at radius 2 is 1.15 bits per heavy atom. The minimum absolute atomic E-state index is 0.252. The van der Waals surface area contributed by atoms with Crippen molar-refractivity contribution in [2.24, 2.45) is 0 Å². The zero-order valence-corrected chi connectivity index (χ0v) is 24.8. The molecule has 0 aliphatic heterocycles. The van der Waals surface area contributed by atoms with Gasteiger partial charge in [0, 0.05) is 10.8 Å². The Kier molecular flexibility index (Phi) is 11.6. The summed E-state index contributed by atoms with van der Waals surface area (Å²) in [6.07, 6.45) is 18.3. The van der Waals surface area contributed by atoms with E-state index in [1.165, 1.54) is 76.2 Å². The first-order valence-electron chi connectivity index (χ1n) is 15.4. The van der Waals surface area contributed by atoms with Gasteiger partial charge in [-0.05, 0) is 71.6 Å². The van der Waals surface area contributed by atoms with Crippen molar-refractivity contribution in [3.05, 3.63) is 76.2 Å². The van der Waals surface area contributed by atoms with Gasteiger partial charge in [-0.2, -0.15) is 0 Å². The smallest absolute Gasteiger partial charge is 0.198 e. The molecule has 0 atom stereocenters. The molecule has 3 aromatic carbocycles. The van der Waals surface area contributed by atoms with Gasteiger partial charge in [-0.15, -0.1) is 0 Å². The Balaban J connectivity index is 1.44. The molecular formula is C36H45FOS. The highest BCUT2D eigenvalue weighted by molar-refractivity contribution is 7.71. The second kappa shape index (κ2) is 15.3. The van der Waals surface area contributed by atoms with E-state index >= 15 is 4.39 Å². The molecule has 0 aliphatic carbocycles.